The van der Waals surface area contributed by atoms with Crippen LogP contribution >= 0.6 is 27.5 Å². The van der Waals surface area contributed by atoms with Crippen LogP contribution in [0.25, 0.3) is 5.69 Å². The number of nitrogens with zero attached hydrogens (tertiary/aromatic N) is 2. The normalized spacial score (nSPS) is 12.3. The molecule has 0 aliphatic heterocycles. The molecule has 3 rings (SSSR count). The van der Waals surface area contributed by atoms with Crippen LogP contribution in [0, 0.1) is 0 Å². The molecule has 5 heteroatoms. The summed E-state index contributed by atoms with van der Waals surface area (Å²) in [6.45, 7) is 0. The fraction of sp³-hybridized carbons (Fsp3) is 0.0625. The molecule has 3 nitrogen and oxygen atoms in total. The van der Waals surface area contributed by atoms with E-state index >= 15 is 0 Å². The van der Waals surface area contributed by atoms with Crippen molar-refractivity contribution in [2.45, 2.75) is 6.04 Å². The second-order valence-electron chi connectivity index (χ2n) is 4.73. The molecule has 21 heavy (non-hydrogen) atoms. The topological polar surface area (TPSA) is 43.8 Å². The van der Waals surface area contributed by atoms with Gasteiger partial charge in [-0.2, -0.15) is 5.10 Å². The first kappa shape index (κ1) is 14.3. The Kier molecular flexibility index (Phi) is 4.10. The molecule has 1 unspecified atom stereocenters. The van der Waals surface area contributed by atoms with E-state index in [0.29, 0.717) is 5.02 Å². The van der Waals surface area contributed by atoms with Crippen LogP contribution in [0.15, 0.2) is 65.4 Å². The molecule has 0 fully saturated rings. The molecule has 0 amide bonds. The Bertz CT molecular complexity index is 735. The lowest BCUT2D eigenvalue weighted by Gasteiger charge is -2.11. The largest absolute Gasteiger partial charge is 0.320 e. The van der Waals surface area contributed by atoms with Crippen molar-refractivity contribution in [3.63, 3.8) is 0 Å². The van der Waals surface area contributed by atoms with Crippen molar-refractivity contribution in [2.75, 3.05) is 0 Å². The van der Waals surface area contributed by atoms with Gasteiger partial charge in [-0.1, -0.05) is 45.7 Å². The third-order valence-corrected chi connectivity index (χ3v) is 3.90. The smallest absolute Gasteiger partial charge is 0.0645 e. The Morgan fingerprint density at radius 3 is 2.57 bits per heavy atom. The highest BCUT2D eigenvalue weighted by Crippen LogP contribution is 2.26. The van der Waals surface area contributed by atoms with Gasteiger partial charge in [0.15, 0.2) is 0 Å². The van der Waals surface area contributed by atoms with Crippen molar-refractivity contribution in [1.29, 1.82) is 0 Å². The van der Waals surface area contributed by atoms with Gasteiger partial charge in [0.1, 0.15) is 0 Å². The molecular weight excluding hydrogens is 350 g/mol. The lowest BCUT2D eigenvalue weighted by atomic mass is 10.0. The average molecular weight is 363 g/mol. The number of nitrogens with two attached hydrogens (primary N) is 1. The van der Waals surface area contributed by atoms with E-state index in [1.807, 2.05) is 59.4 Å². The van der Waals surface area contributed by atoms with Gasteiger partial charge in [-0.05, 0) is 35.9 Å². The number of halogens is 2. The zero-order valence-electron chi connectivity index (χ0n) is 11.1. The zero-order chi connectivity index (χ0) is 14.8. The van der Waals surface area contributed by atoms with E-state index in [-0.39, 0.29) is 6.04 Å². The Morgan fingerprint density at radius 1 is 1.10 bits per heavy atom. The van der Waals surface area contributed by atoms with Crippen molar-refractivity contribution < 1.29 is 0 Å². The van der Waals surface area contributed by atoms with E-state index in [9.17, 15) is 0 Å². The number of rotatable bonds is 3. The summed E-state index contributed by atoms with van der Waals surface area (Å²) in [5.74, 6) is 0. The van der Waals surface area contributed by atoms with Crippen molar-refractivity contribution >= 4 is 27.5 Å². The van der Waals surface area contributed by atoms with E-state index in [1.165, 1.54) is 0 Å². The summed E-state index contributed by atoms with van der Waals surface area (Å²) < 4.78 is 2.73. The van der Waals surface area contributed by atoms with E-state index < -0.39 is 0 Å². The summed E-state index contributed by atoms with van der Waals surface area (Å²) in [4.78, 5) is 0. The summed E-state index contributed by atoms with van der Waals surface area (Å²) in [6, 6.07) is 15.3. The molecule has 1 atom stereocenters. The summed E-state index contributed by atoms with van der Waals surface area (Å²) in [7, 11) is 0. The van der Waals surface area contributed by atoms with E-state index in [1.54, 1.807) is 6.20 Å². The van der Waals surface area contributed by atoms with Crippen LogP contribution in [0.4, 0.5) is 0 Å². The number of para-hydroxylation sites is 1. The molecule has 2 N–H and O–H groups in total. The Balaban J connectivity index is 1.92. The minimum Gasteiger partial charge on any atom is -0.320 e. The maximum atomic E-state index is 6.31. The van der Waals surface area contributed by atoms with Gasteiger partial charge >= 0.3 is 0 Å². The number of benzene rings is 2. The van der Waals surface area contributed by atoms with Gasteiger partial charge in [-0.3, -0.25) is 0 Å². The first-order valence-corrected chi connectivity index (χ1v) is 7.62. The summed E-state index contributed by atoms with van der Waals surface area (Å²) >= 11 is 9.51. The molecule has 0 spiro atoms. The van der Waals surface area contributed by atoms with Crippen LogP contribution in [-0.2, 0) is 0 Å². The molecule has 0 bridgehead atoms. The Morgan fingerprint density at radius 2 is 1.86 bits per heavy atom. The van der Waals surface area contributed by atoms with Gasteiger partial charge in [0.05, 0.1) is 17.9 Å². The Labute approximate surface area is 136 Å². The maximum Gasteiger partial charge on any atom is 0.0645 e. The SMILES string of the molecule is NC(c1cc(Cl)cc(Br)c1)c1cnn(-c2ccccc2)c1. The van der Waals surface area contributed by atoms with Gasteiger partial charge in [0.2, 0.25) is 0 Å². The highest BCUT2D eigenvalue weighted by atomic mass is 79.9. The van der Waals surface area contributed by atoms with Gasteiger partial charge in [0.25, 0.3) is 0 Å². The van der Waals surface area contributed by atoms with E-state index in [4.69, 9.17) is 17.3 Å². The Hall–Kier alpha value is -1.62. The van der Waals surface area contributed by atoms with Crippen molar-refractivity contribution in [3.8, 4) is 5.69 Å². The van der Waals surface area contributed by atoms with Crippen LogP contribution in [-0.4, -0.2) is 9.78 Å². The lowest BCUT2D eigenvalue weighted by molar-refractivity contribution is 0.861. The second-order valence-corrected chi connectivity index (χ2v) is 6.09. The first-order chi connectivity index (χ1) is 10.1. The molecule has 0 saturated heterocycles. The average Bonchev–Trinajstić information content (AvgIpc) is 2.96. The predicted molar refractivity (Wildman–Crippen MR) is 88.7 cm³/mol. The highest BCUT2D eigenvalue weighted by molar-refractivity contribution is 9.10. The number of hydrogen-bond donors (Lipinski definition) is 1. The van der Waals surface area contributed by atoms with Crippen LogP contribution in [0.3, 0.4) is 0 Å². The molecule has 0 saturated carbocycles. The molecule has 0 aliphatic carbocycles. The van der Waals surface area contributed by atoms with E-state index in [2.05, 4.69) is 21.0 Å². The van der Waals surface area contributed by atoms with Gasteiger partial charge in [-0.25, -0.2) is 4.68 Å². The van der Waals surface area contributed by atoms with Crippen molar-refractivity contribution in [1.82, 2.24) is 9.78 Å². The minimum atomic E-state index is -0.266. The van der Waals surface area contributed by atoms with E-state index in [0.717, 1.165) is 21.3 Å². The lowest BCUT2D eigenvalue weighted by Crippen LogP contribution is -2.11. The van der Waals surface area contributed by atoms with Crippen LogP contribution in [0.5, 0.6) is 0 Å². The van der Waals surface area contributed by atoms with Gasteiger partial charge < -0.3 is 5.73 Å². The standard InChI is InChI=1S/C16H13BrClN3/c17-13-6-11(7-14(18)8-13)16(19)12-9-20-21(10-12)15-4-2-1-3-5-15/h1-10,16H,19H2. The van der Waals surface area contributed by atoms with Gasteiger partial charge in [-0.15, -0.1) is 0 Å². The van der Waals surface area contributed by atoms with Crippen LogP contribution < -0.4 is 5.73 Å². The third kappa shape index (κ3) is 3.18. The maximum absolute atomic E-state index is 6.31. The minimum absolute atomic E-state index is 0.266. The zero-order valence-corrected chi connectivity index (χ0v) is 13.4. The highest BCUT2D eigenvalue weighted by Gasteiger charge is 2.13. The second kappa shape index (κ2) is 6.02. The number of hydrogen-bond acceptors (Lipinski definition) is 2. The van der Waals surface area contributed by atoms with Crippen molar-refractivity contribution in [2.24, 2.45) is 5.73 Å². The third-order valence-electron chi connectivity index (χ3n) is 3.23. The van der Waals surface area contributed by atoms with Crippen molar-refractivity contribution in [3.05, 3.63) is 81.5 Å². The fourth-order valence-electron chi connectivity index (χ4n) is 2.17. The summed E-state index contributed by atoms with van der Waals surface area (Å²) in [5.41, 5.74) is 9.20. The molecule has 0 radical (unpaired) electrons. The summed E-state index contributed by atoms with van der Waals surface area (Å²) in [5, 5.41) is 5.03. The molecule has 2 aromatic carbocycles. The monoisotopic (exact) mass is 361 g/mol. The molecule has 3 aromatic rings. The quantitative estimate of drug-likeness (QED) is 0.753. The van der Waals surface area contributed by atoms with Crippen LogP contribution in [0.1, 0.15) is 17.2 Å². The van der Waals surface area contributed by atoms with Crippen LogP contribution in [0.2, 0.25) is 5.02 Å². The molecule has 1 heterocycles. The summed E-state index contributed by atoms with van der Waals surface area (Å²) in [6.07, 6.45) is 3.72. The fourth-order valence-corrected chi connectivity index (χ4v) is 3.05. The molecular formula is C16H13BrClN3. The molecule has 0 aliphatic rings. The molecule has 1 aromatic heterocycles. The first-order valence-electron chi connectivity index (χ1n) is 6.45. The predicted octanol–water partition coefficient (Wildman–Crippen LogP) is 4.34. The van der Waals surface area contributed by atoms with Gasteiger partial charge in [0, 0.05) is 21.3 Å². The molecule has 106 valence electrons. The number of aromatic nitrogens is 2.